The minimum atomic E-state index is -3.73. The van der Waals surface area contributed by atoms with Gasteiger partial charge in [-0.25, -0.2) is 8.42 Å². The molecule has 1 atom stereocenters. The molecule has 0 saturated carbocycles. The molecule has 3 rings (SSSR count). The van der Waals surface area contributed by atoms with Crippen molar-refractivity contribution < 1.29 is 17.6 Å². The van der Waals surface area contributed by atoms with Crippen molar-refractivity contribution in [3.63, 3.8) is 0 Å². The Morgan fingerprint density at radius 1 is 1.00 bits per heavy atom. The number of hydrogen-bond donors (Lipinski definition) is 1. The van der Waals surface area contributed by atoms with E-state index in [1.807, 2.05) is 19.9 Å². The van der Waals surface area contributed by atoms with Gasteiger partial charge in [-0.2, -0.15) is 0 Å². The summed E-state index contributed by atoms with van der Waals surface area (Å²) in [7, 11) is -3.73. The zero-order chi connectivity index (χ0) is 19.4. The predicted molar refractivity (Wildman–Crippen MR) is 103 cm³/mol. The molecule has 2 aromatic carbocycles. The Hall–Kier alpha value is -2.86. The molecule has 1 aromatic heterocycles. The highest BCUT2D eigenvalue weighted by atomic mass is 32.2. The van der Waals surface area contributed by atoms with Gasteiger partial charge in [-0.1, -0.05) is 24.3 Å². The van der Waals surface area contributed by atoms with Crippen molar-refractivity contribution in [3.8, 4) is 0 Å². The van der Waals surface area contributed by atoms with E-state index in [1.165, 1.54) is 18.4 Å². The van der Waals surface area contributed by atoms with Gasteiger partial charge in [0.15, 0.2) is 9.84 Å². The van der Waals surface area contributed by atoms with Crippen LogP contribution in [-0.2, 0) is 9.84 Å². The molecular weight excluding hydrogens is 362 g/mol. The minimum Gasteiger partial charge on any atom is -0.468 e. The minimum absolute atomic E-state index is 0.0868. The first kappa shape index (κ1) is 18.9. The van der Waals surface area contributed by atoms with Crippen molar-refractivity contribution in [2.24, 2.45) is 0 Å². The topological polar surface area (TPSA) is 76.4 Å². The standard InChI is InChI=1S/C21H21NO4S/c1-15-10-11-17(13-16(15)2)21(23)22-14-20(19-9-6-12-26-19)27(24,25)18-7-4-3-5-8-18/h3-13,20H,14H2,1-2H3,(H,22,23)/t20-/m0/s1. The monoisotopic (exact) mass is 383 g/mol. The van der Waals surface area contributed by atoms with Crippen LogP contribution in [0.25, 0.3) is 0 Å². The first-order chi connectivity index (χ1) is 12.9. The maximum atomic E-state index is 13.1. The summed E-state index contributed by atoms with van der Waals surface area (Å²) in [6.07, 6.45) is 1.42. The van der Waals surface area contributed by atoms with Crippen molar-refractivity contribution >= 4 is 15.7 Å². The molecule has 0 unspecified atom stereocenters. The summed E-state index contributed by atoms with van der Waals surface area (Å²) >= 11 is 0. The summed E-state index contributed by atoms with van der Waals surface area (Å²) in [6, 6.07) is 16.8. The van der Waals surface area contributed by atoms with Gasteiger partial charge in [0, 0.05) is 12.1 Å². The largest absolute Gasteiger partial charge is 0.468 e. The highest BCUT2D eigenvalue weighted by Gasteiger charge is 2.31. The van der Waals surface area contributed by atoms with Crippen LogP contribution in [0.4, 0.5) is 0 Å². The van der Waals surface area contributed by atoms with Gasteiger partial charge in [-0.05, 0) is 61.4 Å². The van der Waals surface area contributed by atoms with Gasteiger partial charge in [0.1, 0.15) is 11.0 Å². The Morgan fingerprint density at radius 3 is 2.37 bits per heavy atom. The molecule has 0 saturated heterocycles. The van der Waals surface area contributed by atoms with E-state index in [1.54, 1.807) is 42.5 Å². The lowest BCUT2D eigenvalue weighted by atomic mass is 10.1. The Labute approximate surface area is 159 Å². The number of sulfone groups is 1. The molecule has 0 fully saturated rings. The Kier molecular flexibility index (Phi) is 5.46. The summed E-state index contributed by atoms with van der Waals surface area (Å²) in [5, 5.41) is 1.72. The van der Waals surface area contributed by atoms with Crippen LogP contribution >= 0.6 is 0 Å². The molecule has 5 nitrogen and oxygen atoms in total. The zero-order valence-corrected chi connectivity index (χ0v) is 16.0. The summed E-state index contributed by atoms with van der Waals surface area (Å²) in [4.78, 5) is 12.7. The first-order valence-corrected chi connectivity index (χ1v) is 10.1. The average molecular weight is 383 g/mol. The van der Waals surface area contributed by atoms with Gasteiger partial charge < -0.3 is 9.73 Å². The fraction of sp³-hybridized carbons (Fsp3) is 0.190. The summed E-state index contributed by atoms with van der Waals surface area (Å²) in [5.41, 5.74) is 2.59. The van der Waals surface area contributed by atoms with E-state index < -0.39 is 15.1 Å². The molecule has 140 valence electrons. The molecule has 0 aliphatic rings. The van der Waals surface area contributed by atoms with E-state index in [9.17, 15) is 13.2 Å². The summed E-state index contributed by atoms with van der Waals surface area (Å²) < 4.78 is 31.5. The third-order valence-corrected chi connectivity index (χ3v) is 6.60. The normalized spacial score (nSPS) is 12.5. The summed E-state index contributed by atoms with van der Waals surface area (Å²) in [5.74, 6) is -0.0304. The molecule has 27 heavy (non-hydrogen) atoms. The van der Waals surface area contributed by atoms with Gasteiger partial charge in [-0.15, -0.1) is 0 Å². The number of rotatable bonds is 6. The number of benzene rings is 2. The van der Waals surface area contributed by atoms with Gasteiger partial charge in [0.25, 0.3) is 5.91 Å². The lowest BCUT2D eigenvalue weighted by Gasteiger charge is -2.17. The van der Waals surface area contributed by atoms with E-state index in [0.29, 0.717) is 11.3 Å². The number of nitrogens with one attached hydrogen (secondary N) is 1. The van der Waals surface area contributed by atoms with Crippen LogP contribution in [0.2, 0.25) is 0 Å². The predicted octanol–water partition coefficient (Wildman–Crippen LogP) is 3.84. The Bertz CT molecular complexity index is 1030. The molecule has 0 aliphatic heterocycles. The summed E-state index contributed by atoms with van der Waals surface area (Å²) in [6.45, 7) is 3.81. The molecule has 1 heterocycles. The number of carbonyl (C=O) groups is 1. The van der Waals surface area contributed by atoms with Crippen LogP contribution in [0.5, 0.6) is 0 Å². The molecular formula is C21H21NO4S. The number of amides is 1. The maximum Gasteiger partial charge on any atom is 0.251 e. The van der Waals surface area contributed by atoms with Crippen LogP contribution in [-0.4, -0.2) is 20.9 Å². The highest BCUT2D eigenvalue weighted by Crippen LogP contribution is 2.28. The number of hydrogen-bond acceptors (Lipinski definition) is 4. The lowest BCUT2D eigenvalue weighted by molar-refractivity contribution is 0.0953. The fourth-order valence-corrected chi connectivity index (χ4v) is 4.39. The highest BCUT2D eigenvalue weighted by molar-refractivity contribution is 7.91. The van der Waals surface area contributed by atoms with E-state index in [4.69, 9.17) is 4.42 Å². The van der Waals surface area contributed by atoms with E-state index in [-0.39, 0.29) is 17.3 Å². The van der Waals surface area contributed by atoms with Gasteiger partial charge in [-0.3, -0.25) is 4.79 Å². The number of aryl methyl sites for hydroxylation is 2. The van der Waals surface area contributed by atoms with Crippen LogP contribution < -0.4 is 5.32 Å². The Balaban J connectivity index is 1.85. The SMILES string of the molecule is Cc1ccc(C(=O)NC[C@@H](c2ccco2)S(=O)(=O)c2ccccc2)cc1C. The quantitative estimate of drug-likeness (QED) is 0.702. The van der Waals surface area contributed by atoms with Crippen molar-refractivity contribution in [2.45, 2.75) is 24.0 Å². The van der Waals surface area contributed by atoms with E-state index >= 15 is 0 Å². The molecule has 0 bridgehead atoms. The van der Waals surface area contributed by atoms with Crippen LogP contribution in [0.3, 0.4) is 0 Å². The molecule has 1 amide bonds. The molecule has 0 spiro atoms. The van der Waals surface area contributed by atoms with E-state index in [2.05, 4.69) is 5.32 Å². The molecule has 0 aliphatic carbocycles. The Morgan fingerprint density at radius 2 is 1.74 bits per heavy atom. The second-order valence-corrected chi connectivity index (χ2v) is 8.50. The van der Waals surface area contributed by atoms with Crippen LogP contribution in [0, 0.1) is 13.8 Å². The van der Waals surface area contributed by atoms with Gasteiger partial charge in [0.05, 0.1) is 11.2 Å². The van der Waals surface area contributed by atoms with Crippen molar-refractivity contribution in [3.05, 3.63) is 89.4 Å². The first-order valence-electron chi connectivity index (χ1n) is 8.57. The number of carbonyl (C=O) groups excluding carboxylic acids is 1. The molecule has 0 radical (unpaired) electrons. The average Bonchev–Trinajstić information content (AvgIpc) is 3.19. The third kappa shape index (κ3) is 4.11. The second-order valence-electron chi connectivity index (χ2n) is 6.37. The van der Waals surface area contributed by atoms with Crippen LogP contribution in [0.1, 0.15) is 32.5 Å². The fourth-order valence-electron chi connectivity index (χ4n) is 2.78. The van der Waals surface area contributed by atoms with Crippen LogP contribution in [0.15, 0.2) is 76.2 Å². The van der Waals surface area contributed by atoms with Crippen molar-refractivity contribution in [1.82, 2.24) is 5.32 Å². The molecule has 6 heteroatoms. The lowest BCUT2D eigenvalue weighted by Crippen LogP contribution is -2.31. The second kappa shape index (κ2) is 7.80. The van der Waals surface area contributed by atoms with E-state index in [0.717, 1.165) is 11.1 Å². The van der Waals surface area contributed by atoms with Crippen molar-refractivity contribution in [1.29, 1.82) is 0 Å². The molecule has 3 aromatic rings. The number of furan rings is 1. The molecule has 1 N–H and O–H groups in total. The zero-order valence-electron chi connectivity index (χ0n) is 15.2. The van der Waals surface area contributed by atoms with Gasteiger partial charge in [0.2, 0.25) is 0 Å². The smallest absolute Gasteiger partial charge is 0.251 e. The maximum absolute atomic E-state index is 13.1. The van der Waals surface area contributed by atoms with Gasteiger partial charge >= 0.3 is 0 Å². The van der Waals surface area contributed by atoms with Crippen molar-refractivity contribution in [2.75, 3.05) is 6.54 Å². The third-order valence-electron chi connectivity index (χ3n) is 4.52.